The van der Waals surface area contributed by atoms with Crippen LogP contribution in [0.1, 0.15) is 20.3 Å². The molecule has 0 saturated heterocycles. The van der Waals surface area contributed by atoms with Gasteiger partial charge in [-0.2, -0.15) is 5.26 Å². The highest BCUT2D eigenvalue weighted by Gasteiger charge is 2.39. The van der Waals surface area contributed by atoms with Crippen LogP contribution in [0.4, 0.5) is 5.69 Å². The van der Waals surface area contributed by atoms with E-state index in [0.29, 0.717) is 6.42 Å². The molecule has 3 nitrogen and oxygen atoms in total. The van der Waals surface area contributed by atoms with Crippen molar-refractivity contribution in [3.63, 3.8) is 0 Å². The summed E-state index contributed by atoms with van der Waals surface area (Å²) in [6, 6.07) is 12.1. The van der Waals surface area contributed by atoms with Gasteiger partial charge < -0.3 is 4.90 Å². The first-order valence-corrected chi connectivity index (χ1v) is 6.38. The van der Waals surface area contributed by atoms with E-state index in [1.807, 2.05) is 56.1 Å². The number of benzene rings is 1. The molecule has 3 heteroatoms. The molecule has 0 spiro atoms. The molecule has 1 aromatic rings. The molecule has 0 amide bonds. The maximum absolute atomic E-state index is 11.9. The van der Waals surface area contributed by atoms with Gasteiger partial charge in [-0.25, -0.2) is 0 Å². The summed E-state index contributed by atoms with van der Waals surface area (Å²) >= 11 is 0. The molecule has 0 saturated carbocycles. The molecule has 0 fully saturated rings. The maximum atomic E-state index is 11.9. The molecule has 0 radical (unpaired) electrons. The highest BCUT2D eigenvalue weighted by Crippen LogP contribution is 2.41. The Morgan fingerprint density at radius 2 is 1.95 bits per heavy atom. The molecule has 1 aliphatic carbocycles. The second-order valence-corrected chi connectivity index (χ2v) is 5.66. The lowest BCUT2D eigenvalue weighted by atomic mass is 9.70. The number of carbonyl (C=O) groups is 1. The molecule has 0 bridgehead atoms. The van der Waals surface area contributed by atoms with Crippen LogP contribution in [0.25, 0.3) is 0 Å². The van der Waals surface area contributed by atoms with Crippen LogP contribution in [-0.4, -0.2) is 12.8 Å². The van der Waals surface area contributed by atoms with Gasteiger partial charge >= 0.3 is 0 Å². The Morgan fingerprint density at radius 3 is 2.53 bits per heavy atom. The number of carbonyl (C=O) groups excluding carboxylic acids is 1. The van der Waals surface area contributed by atoms with Crippen LogP contribution < -0.4 is 4.90 Å². The molecule has 1 atom stereocenters. The summed E-state index contributed by atoms with van der Waals surface area (Å²) in [6.07, 6.45) is 2.05. The van der Waals surface area contributed by atoms with Crippen molar-refractivity contribution in [1.82, 2.24) is 0 Å². The number of anilines is 1. The third-order valence-electron chi connectivity index (χ3n) is 3.68. The van der Waals surface area contributed by atoms with Crippen molar-refractivity contribution in [2.45, 2.75) is 20.3 Å². The predicted octanol–water partition coefficient (Wildman–Crippen LogP) is 3.15. The van der Waals surface area contributed by atoms with Crippen molar-refractivity contribution < 1.29 is 4.79 Å². The summed E-state index contributed by atoms with van der Waals surface area (Å²) in [5.74, 6) is -0.176. The lowest BCUT2D eigenvalue weighted by molar-refractivity contribution is -0.117. The summed E-state index contributed by atoms with van der Waals surface area (Å²) in [4.78, 5) is 13.8. The van der Waals surface area contributed by atoms with Crippen molar-refractivity contribution in [2.75, 3.05) is 11.9 Å². The third kappa shape index (κ3) is 2.53. The number of rotatable bonds is 2. The average Bonchev–Trinajstić information content (AvgIpc) is 2.37. The standard InChI is InChI=1S/C16H18N2O/c1-16(2)10-13(19)9-15(14(16)11-17)18(3)12-7-5-4-6-8-12/h4-9,14H,10H2,1-3H3. The van der Waals surface area contributed by atoms with Gasteiger partial charge in [-0.15, -0.1) is 0 Å². The van der Waals surface area contributed by atoms with Crippen molar-refractivity contribution in [3.8, 4) is 6.07 Å². The van der Waals surface area contributed by atoms with E-state index in [4.69, 9.17) is 0 Å². The minimum Gasteiger partial charge on any atom is -0.347 e. The highest BCUT2D eigenvalue weighted by molar-refractivity contribution is 5.93. The van der Waals surface area contributed by atoms with Crippen molar-refractivity contribution in [3.05, 3.63) is 42.1 Å². The summed E-state index contributed by atoms with van der Waals surface area (Å²) < 4.78 is 0. The Labute approximate surface area is 114 Å². The van der Waals surface area contributed by atoms with Crippen LogP contribution in [0.2, 0.25) is 0 Å². The zero-order chi connectivity index (χ0) is 14.0. The van der Waals surface area contributed by atoms with Gasteiger partial charge in [0.05, 0.1) is 12.0 Å². The second kappa shape index (κ2) is 4.89. The van der Waals surface area contributed by atoms with E-state index in [2.05, 4.69) is 6.07 Å². The lowest BCUT2D eigenvalue weighted by Gasteiger charge is -2.38. The van der Waals surface area contributed by atoms with Crippen LogP contribution in [0.15, 0.2) is 42.1 Å². The van der Waals surface area contributed by atoms with Gasteiger partial charge in [-0.3, -0.25) is 4.79 Å². The minimum absolute atomic E-state index is 0.0919. The summed E-state index contributed by atoms with van der Waals surface area (Å²) in [7, 11) is 1.90. The molecular weight excluding hydrogens is 236 g/mol. The number of allylic oxidation sites excluding steroid dienone is 2. The molecule has 98 valence electrons. The predicted molar refractivity (Wildman–Crippen MR) is 75.4 cm³/mol. The molecule has 1 unspecified atom stereocenters. The monoisotopic (exact) mass is 254 g/mol. The fraction of sp³-hybridized carbons (Fsp3) is 0.375. The maximum Gasteiger partial charge on any atom is 0.158 e. The van der Waals surface area contributed by atoms with E-state index in [0.717, 1.165) is 11.4 Å². The van der Waals surface area contributed by atoms with E-state index < -0.39 is 0 Å². The number of nitriles is 1. The highest BCUT2D eigenvalue weighted by atomic mass is 16.1. The first kappa shape index (κ1) is 13.4. The van der Waals surface area contributed by atoms with E-state index in [1.165, 1.54) is 0 Å². The topological polar surface area (TPSA) is 44.1 Å². The third-order valence-corrected chi connectivity index (χ3v) is 3.68. The molecule has 1 aliphatic rings. The molecule has 0 N–H and O–H groups in total. The van der Waals surface area contributed by atoms with Gasteiger partial charge in [0.25, 0.3) is 0 Å². The number of nitrogens with zero attached hydrogens (tertiary/aromatic N) is 2. The Bertz CT molecular complexity index is 552. The Kier molecular flexibility index (Phi) is 3.44. The summed E-state index contributed by atoms with van der Waals surface area (Å²) in [5, 5.41) is 9.45. The van der Waals surface area contributed by atoms with Gasteiger partial charge in [0, 0.05) is 30.9 Å². The van der Waals surface area contributed by atoms with Crippen LogP contribution in [0, 0.1) is 22.7 Å². The normalized spacial score (nSPS) is 21.5. The minimum atomic E-state index is -0.320. The molecule has 2 rings (SSSR count). The van der Waals surface area contributed by atoms with Crippen LogP contribution in [0.3, 0.4) is 0 Å². The quantitative estimate of drug-likeness (QED) is 0.814. The summed E-state index contributed by atoms with van der Waals surface area (Å²) in [6.45, 7) is 3.95. The first-order valence-electron chi connectivity index (χ1n) is 6.38. The van der Waals surface area contributed by atoms with Crippen LogP contribution in [-0.2, 0) is 4.79 Å². The summed E-state index contributed by atoms with van der Waals surface area (Å²) in [5.41, 5.74) is 1.45. The zero-order valence-corrected chi connectivity index (χ0v) is 11.6. The van der Waals surface area contributed by atoms with E-state index in [1.54, 1.807) is 6.08 Å². The molecule has 0 heterocycles. The fourth-order valence-electron chi connectivity index (χ4n) is 2.58. The van der Waals surface area contributed by atoms with E-state index in [9.17, 15) is 10.1 Å². The van der Waals surface area contributed by atoms with Gasteiger partial charge in [0.2, 0.25) is 0 Å². The average molecular weight is 254 g/mol. The molecule has 0 aromatic heterocycles. The van der Waals surface area contributed by atoms with E-state index >= 15 is 0 Å². The first-order chi connectivity index (χ1) is 8.95. The zero-order valence-electron chi connectivity index (χ0n) is 11.6. The molecule has 19 heavy (non-hydrogen) atoms. The van der Waals surface area contributed by atoms with Gasteiger partial charge in [-0.05, 0) is 17.5 Å². The Balaban J connectivity index is 2.42. The van der Waals surface area contributed by atoms with Crippen LogP contribution in [0.5, 0.6) is 0 Å². The lowest BCUT2D eigenvalue weighted by Crippen LogP contribution is -2.37. The van der Waals surface area contributed by atoms with E-state index in [-0.39, 0.29) is 17.1 Å². The Hall–Kier alpha value is -2.08. The van der Waals surface area contributed by atoms with Gasteiger partial charge in [-0.1, -0.05) is 32.0 Å². The second-order valence-electron chi connectivity index (χ2n) is 5.66. The van der Waals surface area contributed by atoms with Crippen molar-refractivity contribution in [1.29, 1.82) is 5.26 Å². The smallest absolute Gasteiger partial charge is 0.158 e. The SMILES string of the molecule is CN(C1=CC(=O)CC(C)(C)C1C#N)c1ccccc1. The van der Waals surface area contributed by atoms with Crippen molar-refractivity contribution in [2.24, 2.45) is 11.3 Å². The number of ketones is 1. The number of para-hydroxylation sites is 1. The molecule has 1 aromatic carbocycles. The largest absolute Gasteiger partial charge is 0.347 e. The number of hydrogen-bond donors (Lipinski definition) is 0. The number of hydrogen-bond acceptors (Lipinski definition) is 3. The van der Waals surface area contributed by atoms with Crippen molar-refractivity contribution >= 4 is 11.5 Å². The molecular formula is C16H18N2O. The van der Waals surface area contributed by atoms with Crippen LogP contribution >= 0.6 is 0 Å². The van der Waals surface area contributed by atoms with Gasteiger partial charge in [0.15, 0.2) is 5.78 Å². The van der Waals surface area contributed by atoms with Gasteiger partial charge in [0.1, 0.15) is 0 Å². The molecule has 0 aliphatic heterocycles. The Morgan fingerprint density at radius 1 is 1.32 bits per heavy atom. The fourth-order valence-corrected chi connectivity index (χ4v) is 2.58.